The lowest BCUT2D eigenvalue weighted by atomic mass is 10.0. The summed E-state index contributed by atoms with van der Waals surface area (Å²) < 4.78 is 0. The van der Waals surface area contributed by atoms with Gasteiger partial charge in [-0.05, 0) is 23.6 Å². The Morgan fingerprint density at radius 1 is 1.12 bits per heavy atom. The fraction of sp³-hybridized carbons (Fsp3) is 0.214. The highest BCUT2D eigenvalue weighted by Gasteiger charge is 2.01. The third-order valence-electron chi connectivity index (χ3n) is 2.66. The Hall–Kier alpha value is -1.83. The van der Waals surface area contributed by atoms with E-state index in [-0.39, 0.29) is 0 Å². The zero-order valence-electron chi connectivity index (χ0n) is 9.48. The van der Waals surface area contributed by atoms with Crippen molar-refractivity contribution in [3.05, 3.63) is 48.3 Å². The zero-order valence-corrected chi connectivity index (χ0v) is 9.48. The molecule has 0 aliphatic rings. The minimum atomic E-state index is 0.776. The van der Waals surface area contributed by atoms with E-state index in [9.17, 15) is 0 Å². The Balaban J connectivity index is 2.31. The second kappa shape index (κ2) is 4.79. The van der Waals surface area contributed by atoms with Gasteiger partial charge in [0, 0.05) is 23.6 Å². The molecule has 1 aromatic heterocycles. The van der Waals surface area contributed by atoms with E-state index in [1.165, 1.54) is 12.0 Å². The largest absolute Gasteiger partial charge is 0.398 e. The van der Waals surface area contributed by atoms with Crippen molar-refractivity contribution in [2.24, 2.45) is 0 Å². The van der Waals surface area contributed by atoms with E-state index in [4.69, 9.17) is 5.73 Å². The summed E-state index contributed by atoms with van der Waals surface area (Å²) in [6.45, 7) is 2.19. The third-order valence-corrected chi connectivity index (χ3v) is 2.66. The molecule has 0 spiro atoms. The summed E-state index contributed by atoms with van der Waals surface area (Å²) in [6, 6.07) is 10.4. The van der Waals surface area contributed by atoms with Crippen LogP contribution in [0.5, 0.6) is 0 Å². The number of nitrogens with zero attached hydrogens (tertiary/aromatic N) is 1. The lowest BCUT2D eigenvalue weighted by Crippen LogP contribution is -1.91. The minimum absolute atomic E-state index is 0.776. The first-order valence-corrected chi connectivity index (χ1v) is 5.60. The highest BCUT2D eigenvalue weighted by Crippen LogP contribution is 2.24. The zero-order chi connectivity index (χ0) is 11.4. The van der Waals surface area contributed by atoms with Crippen LogP contribution in [0, 0.1) is 0 Å². The standard InChI is InChI=1S/C14H16N2/c1-2-3-11-4-6-12(7-5-11)13-10-16-9-8-14(13)15/h4-10H,2-3H2,1H3,(H2,15,16). The molecule has 82 valence electrons. The average Bonchev–Trinajstić information content (AvgIpc) is 2.31. The monoisotopic (exact) mass is 212 g/mol. The summed E-state index contributed by atoms with van der Waals surface area (Å²) in [6.07, 6.45) is 5.83. The number of benzene rings is 1. The normalized spacial score (nSPS) is 10.3. The van der Waals surface area contributed by atoms with Crippen molar-refractivity contribution in [2.45, 2.75) is 19.8 Å². The lowest BCUT2D eigenvalue weighted by molar-refractivity contribution is 0.922. The van der Waals surface area contributed by atoms with Crippen molar-refractivity contribution in [3.8, 4) is 11.1 Å². The summed E-state index contributed by atoms with van der Waals surface area (Å²) in [5.41, 5.74) is 10.2. The number of nitrogens with two attached hydrogens (primary N) is 1. The van der Waals surface area contributed by atoms with Gasteiger partial charge >= 0.3 is 0 Å². The number of nitrogen functional groups attached to an aromatic ring is 1. The van der Waals surface area contributed by atoms with Crippen LogP contribution >= 0.6 is 0 Å². The number of pyridine rings is 1. The summed E-state index contributed by atoms with van der Waals surface area (Å²) >= 11 is 0. The molecule has 0 bridgehead atoms. The van der Waals surface area contributed by atoms with E-state index in [1.54, 1.807) is 6.20 Å². The number of anilines is 1. The molecule has 2 heteroatoms. The molecule has 0 fully saturated rings. The predicted molar refractivity (Wildman–Crippen MR) is 68.1 cm³/mol. The quantitative estimate of drug-likeness (QED) is 0.848. The van der Waals surface area contributed by atoms with Crippen LogP contribution in [0.4, 0.5) is 5.69 Å². The van der Waals surface area contributed by atoms with E-state index in [1.807, 2.05) is 12.3 Å². The second-order valence-corrected chi connectivity index (χ2v) is 3.91. The molecule has 0 saturated carbocycles. The van der Waals surface area contributed by atoms with Crippen molar-refractivity contribution in [1.29, 1.82) is 0 Å². The van der Waals surface area contributed by atoms with Gasteiger partial charge in [-0.1, -0.05) is 37.6 Å². The number of aryl methyl sites for hydroxylation is 1. The van der Waals surface area contributed by atoms with Crippen LogP contribution in [-0.4, -0.2) is 4.98 Å². The molecule has 0 amide bonds. The fourth-order valence-corrected chi connectivity index (χ4v) is 1.79. The van der Waals surface area contributed by atoms with Crippen LogP contribution in [0.25, 0.3) is 11.1 Å². The Morgan fingerprint density at radius 3 is 2.50 bits per heavy atom. The maximum Gasteiger partial charge on any atom is 0.0424 e. The molecular formula is C14H16N2. The molecule has 0 radical (unpaired) electrons. The summed E-state index contributed by atoms with van der Waals surface area (Å²) in [5, 5.41) is 0. The highest BCUT2D eigenvalue weighted by molar-refractivity contribution is 5.75. The maximum absolute atomic E-state index is 5.91. The van der Waals surface area contributed by atoms with Crippen molar-refractivity contribution < 1.29 is 0 Å². The maximum atomic E-state index is 5.91. The van der Waals surface area contributed by atoms with Gasteiger partial charge in [0.05, 0.1) is 0 Å². The van der Waals surface area contributed by atoms with Crippen LogP contribution in [-0.2, 0) is 6.42 Å². The smallest absolute Gasteiger partial charge is 0.0424 e. The molecule has 2 aromatic rings. The summed E-state index contributed by atoms with van der Waals surface area (Å²) in [7, 11) is 0. The van der Waals surface area contributed by atoms with Crippen molar-refractivity contribution in [1.82, 2.24) is 4.98 Å². The first kappa shape index (κ1) is 10.7. The second-order valence-electron chi connectivity index (χ2n) is 3.91. The van der Waals surface area contributed by atoms with Crippen LogP contribution in [0.3, 0.4) is 0 Å². The van der Waals surface area contributed by atoms with Gasteiger partial charge in [-0.15, -0.1) is 0 Å². The number of hydrogen-bond donors (Lipinski definition) is 1. The fourth-order valence-electron chi connectivity index (χ4n) is 1.79. The van der Waals surface area contributed by atoms with E-state index >= 15 is 0 Å². The van der Waals surface area contributed by atoms with Crippen molar-refractivity contribution >= 4 is 5.69 Å². The lowest BCUT2D eigenvalue weighted by Gasteiger charge is -2.05. The predicted octanol–water partition coefficient (Wildman–Crippen LogP) is 3.28. The van der Waals surface area contributed by atoms with E-state index in [0.29, 0.717) is 0 Å². The van der Waals surface area contributed by atoms with Crippen molar-refractivity contribution in [2.75, 3.05) is 5.73 Å². The van der Waals surface area contributed by atoms with Gasteiger partial charge in [0.15, 0.2) is 0 Å². The summed E-state index contributed by atoms with van der Waals surface area (Å²) in [4.78, 5) is 4.10. The topological polar surface area (TPSA) is 38.9 Å². The van der Waals surface area contributed by atoms with Gasteiger partial charge in [0.25, 0.3) is 0 Å². The Bertz CT molecular complexity index is 460. The molecular weight excluding hydrogens is 196 g/mol. The van der Waals surface area contributed by atoms with Crippen LogP contribution < -0.4 is 5.73 Å². The van der Waals surface area contributed by atoms with Crippen LogP contribution in [0.15, 0.2) is 42.7 Å². The van der Waals surface area contributed by atoms with Gasteiger partial charge in [-0.3, -0.25) is 4.98 Å². The van der Waals surface area contributed by atoms with E-state index in [0.717, 1.165) is 23.2 Å². The number of aromatic nitrogens is 1. The van der Waals surface area contributed by atoms with E-state index in [2.05, 4.69) is 36.2 Å². The van der Waals surface area contributed by atoms with Gasteiger partial charge in [-0.2, -0.15) is 0 Å². The highest BCUT2D eigenvalue weighted by atomic mass is 14.7. The molecule has 0 saturated heterocycles. The molecule has 16 heavy (non-hydrogen) atoms. The molecule has 2 rings (SSSR count). The molecule has 0 aliphatic heterocycles. The third kappa shape index (κ3) is 2.22. The molecule has 0 unspecified atom stereocenters. The minimum Gasteiger partial charge on any atom is -0.398 e. The van der Waals surface area contributed by atoms with Gasteiger partial charge in [0.1, 0.15) is 0 Å². The first-order chi connectivity index (χ1) is 7.81. The Morgan fingerprint density at radius 2 is 1.88 bits per heavy atom. The molecule has 0 aliphatic carbocycles. The molecule has 2 N–H and O–H groups in total. The SMILES string of the molecule is CCCc1ccc(-c2cnccc2N)cc1. The van der Waals surface area contributed by atoms with Crippen molar-refractivity contribution in [3.63, 3.8) is 0 Å². The van der Waals surface area contributed by atoms with E-state index < -0.39 is 0 Å². The van der Waals surface area contributed by atoms with Crippen LogP contribution in [0.1, 0.15) is 18.9 Å². The Labute approximate surface area is 96.1 Å². The van der Waals surface area contributed by atoms with Gasteiger partial charge < -0.3 is 5.73 Å². The number of hydrogen-bond acceptors (Lipinski definition) is 2. The molecule has 1 heterocycles. The van der Waals surface area contributed by atoms with Crippen LogP contribution in [0.2, 0.25) is 0 Å². The molecule has 0 atom stereocenters. The number of rotatable bonds is 3. The molecule has 2 nitrogen and oxygen atoms in total. The average molecular weight is 212 g/mol. The Kier molecular flexibility index (Phi) is 3.20. The summed E-state index contributed by atoms with van der Waals surface area (Å²) in [5.74, 6) is 0. The first-order valence-electron chi connectivity index (χ1n) is 5.60. The van der Waals surface area contributed by atoms with Gasteiger partial charge in [-0.25, -0.2) is 0 Å². The van der Waals surface area contributed by atoms with Gasteiger partial charge in [0.2, 0.25) is 0 Å². The molecule has 1 aromatic carbocycles.